The number of amides is 2. The third-order valence-corrected chi connectivity index (χ3v) is 7.84. The summed E-state index contributed by atoms with van der Waals surface area (Å²) >= 11 is 0. The van der Waals surface area contributed by atoms with E-state index in [2.05, 4.69) is 34.9 Å². The molecule has 7 nitrogen and oxygen atoms in total. The van der Waals surface area contributed by atoms with Crippen LogP contribution < -0.4 is 10.6 Å². The van der Waals surface area contributed by atoms with Gasteiger partial charge in [0.2, 0.25) is 5.91 Å². The molecule has 2 fully saturated rings. The van der Waals surface area contributed by atoms with E-state index in [-0.39, 0.29) is 42.4 Å². The Morgan fingerprint density at radius 3 is 2.11 bits per heavy atom. The summed E-state index contributed by atoms with van der Waals surface area (Å²) in [4.78, 5) is 36.6. The molecule has 3 N–H and O–H groups in total. The standard InChI is InChI=1S/C28H32N2O5/c31-26(29-19-7-5-6-18(15-19)27(32)33)17-12-13-20(14-17)30-28(34)35-16-25-23-10-3-1-8-21(23)22-9-2-4-11-24(22)25/h1-4,8-11,17-20,25H,5-7,12-16H2,(H,29,31)(H,30,34)(H,32,33)/t17-,18?,19?,20+/m0/s1. The number of aliphatic carboxylic acids is 1. The van der Waals surface area contributed by atoms with Gasteiger partial charge in [0, 0.05) is 23.9 Å². The SMILES string of the molecule is O=C(N[C@@H]1CC[C@H](C(=O)NC2CCCC(C(=O)O)C2)C1)OCC1c2ccccc2-c2ccccc21. The van der Waals surface area contributed by atoms with Crippen molar-refractivity contribution in [2.45, 2.75) is 62.9 Å². The molecule has 2 aromatic carbocycles. The smallest absolute Gasteiger partial charge is 0.407 e. The highest BCUT2D eigenvalue weighted by Crippen LogP contribution is 2.44. The van der Waals surface area contributed by atoms with Gasteiger partial charge < -0.3 is 20.5 Å². The second kappa shape index (κ2) is 10.1. The molecule has 0 bridgehead atoms. The van der Waals surface area contributed by atoms with Crippen molar-refractivity contribution in [3.05, 3.63) is 59.7 Å². The fraction of sp³-hybridized carbons (Fsp3) is 0.464. The van der Waals surface area contributed by atoms with Crippen molar-refractivity contribution in [1.82, 2.24) is 10.6 Å². The lowest BCUT2D eigenvalue weighted by Crippen LogP contribution is -2.42. The molecule has 2 aromatic rings. The summed E-state index contributed by atoms with van der Waals surface area (Å²) in [5, 5.41) is 15.3. The highest BCUT2D eigenvalue weighted by molar-refractivity contribution is 5.80. The van der Waals surface area contributed by atoms with Crippen molar-refractivity contribution in [3.63, 3.8) is 0 Å². The molecule has 4 atom stereocenters. The number of nitrogens with one attached hydrogen (secondary N) is 2. The molecule has 35 heavy (non-hydrogen) atoms. The predicted octanol–water partition coefficient (Wildman–Crippen LogP) is 4.45. The Morgan fingerprint density at radius 2 is 1.43 bits per heavy atom. The molecular weight excluding hydrogens is 444 g/mol. The van der Waals surface area contributed by atoms with Crippen LogP contribution >= 0.6 is 0 Å². The number of hydrogen-bond acceptors (Lipinski definition) is 4. The van der Waals surface area contributed by atoms with Crippen LogP contribution in [-0.2, 0) is 14.3 Å². The third-order valence-electron chi connectivity index (χ3n) is 7.84. The quantitative estimate of drug-likeness (QED) is 0.571. The van der Waals surface area contributed by atoms with Crippen LogP contribution in [-0.4, -0.2) is 41.8 Å². The minimum atomic E-state index is -0.780. The van der Waals surface area contributed by atoms with E-state index in [1.165, 1.54) is 22.3 Å². The van der Waals surface area contributed by atoms with Gasteiger partial charge in [0.25, 0.3) is 0 Å². The molecule has 7 heteroatoms. The summed E-state index contributed by atoms with van der Waals surface area (Å²) in [7, 11) is 0. The van der Waals surface area contributed by atoms with Crippen molar-refractivity contribution in [2.75, 3.05) is 6.61 Å². The van der Waals surface area contributed by atoms with Gasteiger partial charge in [0.15, 0.2) is 0 Å². The van der Waals surface area contributed by atoms with Crippen molar-refractivity contribution in [1.29, 1.82) is 0 Å². The van der Waals surface area contributed by atoms with Gasteiger partial charge >= 0.3 is 12.1 Å². The largest absolute Gasteiger partial charge is 0.481 e. The summed E-state index contributed by atoms with van der Waals surface area (Å²) in [5.74, 6) is -1.34. The average molecular weight is 477 g/mol. The Bertz CT molecular complexity index is 1070. The first-order valence-corrected chi connectivity index (χ1v) is 12.6. The number of alkyl carbamates (subject to hydrolysis) is 1. The zero-order valence-electron chi connectivity index (χ0n) is 19.7. The molecule has 3 aliphatic carbocycles. The van der Waals surface area contributed by atoms with Crippen molar-refractivity contribution in [2.24, 2.45) is 11.8 Å². The van der Waals surface area contributed by atoms with Gasteiger partial charge in [-0.1, -0.05) is 55.0 Å². The van der Waals surface area contributed by atoms with E-state index in [1.807, 2.05) is 24.3 Å². The van der Waals surface area contributed by atoms with Crippen LogP contribution in [0.1, 0.15) is 62.0 Å². The number of ether oxygens (including phenoxy) is 1. The highest BCUT2D eigenvalue weighted by atomic mass is 16.5. The molecule has 3 aliphatic rings. The van der Waals surface area contributed by atoms with Gasteiger partial charge in [-0.25, -0.2) is 4.79 Å². The molecular formula is C28H32N2O5. The maximum Gasteiger partial charge on any atom is 0.407 e. The first-order valence-electron chi connectivity index (χ1n) is 12.6. The average Bonchev–Trinajstić information content (AvgIpc) is 3.46. The van der Waals surface area contributed by atoms with E-state index in [9.17, 15) is 19.5 Å². The molecule has 2 saturated carbocycles. The lowest BCUT2D eigenvalue weighted by molar-refractivity contribution is -0.143. The predicted molar refractivity (Wildman–Crippen MR) is 131 cm³/mol. The number of benzene rings is 2. The zero-order valence-corrected chi connectivity index (χ0v) is 19.7. The number of carbonyl (C=O) groups excluding carboxylic acids is 2. The van der Waals surface area contributed by atoms with Crippen LogP contribution in [0.25, 0.3) is 11.1 Å². The Kier molecular flexibility index (Phi) is 6.75. The van der Waals surface area contributed by atoms with Gasteiger partial charge in [-0.2, -0.15) is 0 Å². The minimum absolute atomic E-state index is 0.0142. The van der Waals surface area contributed by atoms with Crippen molar-refractivity contribution >= 4 is 18.0 Å². The van der Waals surface area contributed by atoms with Crippen LogP contribution in [0.15, 0.2) is 48.5 Å². The first kappa shape index (κ1) is 23.4. The fourth-order valence-electron chi connectivity index (χ4n) is 6.02. The summed E-state index contributed by atoms with van der Waals surface area (Å²) < 4.78 is 5.65. The number of carbonyl (C=O) groups is 3. The van der Waals surface area contributed by atoms with Crippen molar-refractivity contribution in [3.8, 4) is 11.1 Å². The Balaban J connectivity index is 1.10. The highest BCUT2D eigenvalue weighted by Gasteiger charge is 2.34. The second-order valence-electron chi connectivity index (χ2n) is 10.1. The minimum Gasteiger partial charge on any atom is -0.481 e. The fourth-order valence-corrected chi connectivity index (χ4v) is 6.02. The first-order chi connectivity index (χ1) is 17.0. The summed E-state index contributed by atoms with van der Waals surface area (Å²) in [6.07, 6.45) is 4.37. The maximum atomic E-state index is 12.8. The lowest BCUT2D eigenvalue weighted by Gasteiger charge is -2.28. The monoisotopic (exact) mass is 476 g/mol. The lowest BCUT2D eigenvalue weighted by atomic mass is 9.85. The molecule has 0 spiro atoms. The van der Waals surface area contributed by atoms with Crippen molar-refractivity contribution < 1.29 is 24.2 Å². The van der Waals surface area contributed by atoms with E-state index < -0.39 is 12.1 Å². The van der Waals surface area contributed by atoms with Crippen LogP contribution in [0, 0.1) is 11.8 Å². The topological polar surface area (TPSA) is 105 Å². The molecule has 0 heterocycles. The maximum absolute atomic E-state index is 12.8. The normalized spacial score (nSPS) is 25.4. The number of hydrogen-bond donors (Lipinski definition) is 3. The molecule has 2 unspecified atom stereocenters. The third kappa shape index (κ3) is 5.04. The number of rotatable bonds is 6. The van der Waals surface area contributed by atoms with Crippen LogP contribution in [0.4, 0.5) is 4.79 Å². The van der Waals surface area contributed by atoms with Crippen LogP contribution in [0.3, 0.4) is 0 Å². The molecule has 0 aromatic heterocycles. The summed E-state index contributed by atoms with van der Waals surface area (Å²) in [6, 6.07) is 16.3. The Hall–Kier alpha value is -3.35. The van der Waals surface area contributed by atoms with E-state index in [0.29, 0.717) is 25.7 Å². The van der Waals surface area contributed by atoms with Crippen LogP contribution in [0.2, 0.25) is 0 Å². The molecule has 184 valence electrons. The van der Waals surface area contributed by atoms with Gasteiger partial charge in [-0.15, -0.1) is 0 Å². The van der Waals surface area contributed by atoms with E-state index >= 15 is 0 Å². The van der Waals surface area contributed by atoms with Crippen LogP contribution in [0.5, 0.6) is 0 Å². The molecule has 0 saturated heterocycles. The molecule has 0 aliphatic heterocycles. The zero-order chi connectivity index (χ0) is 24.4. The second-order valence-corrected chi connectivity index (χ2v) is 10.1. The van der Waals surface area contributed by atoms with Gasteiger partial charge in [0.1, 0.15) is 6.61 Å². The van der Waals surface area contributed by atoms with E-state index in [0.717, 1.165) is 19.3 Å². The van der Waals surface area contributed by atoms with E-state index in [1.54, 1.807) is 0 Å². The number of fused-ring (bicyclic) bond motifs is 3. The van der Waals surface area contributed by atoms with E-state index in [4.69, 9.17) is 4.74 Å². The van der Waals surface area contributed by atoms with Gasteiger partial charge in [0.05, 0.1) is 5.92 Å². The Morgan fingerprint density at radius 1 is 0.800 bits per heavy atom. The summed E-state index contributed by atoms with van der Waals surface area (Å²) in [5.41, 5.74) is 4.72. The molecule has 5 rings (SSSR count). The number of carboxylic acids is 1. The molecule has 0 radical (unpaired) electrons. The van der Waals surface area contributed by atoms with Gasteiger partial charge in [-0.05, 0) is 60.8 Å². The molecule has 2 amide bonds. The Labute approximate surface area is 205 Å². The number of carboxylic acid groups (broad SMARTS) is 1. The summed E-state index contributed by atoms with van der Waals surface area (Å²) in [6.45, 7) is 0.267. The van der Waals surface area contributed by atoms with Gasteiger partial charge in [-0.3, -0.25) is 9.59 Å².